The summed E-state index contributed by atoms with van der Waals surface area (Å²) in [6.45, 7) is 0.325. The smallest absolute Gasteiger partial charge is 0.220 e. The number of carbonyl (C=O) groups excluding carboxylic acids is 1. The molecular weight excluding hydrogens is 218 g/mol. The van der Waals surface area contributed by atoms with Gasteiger partial charge in [0.1, 0.15) is 5.75 Å². The third kappa shape index (κ3) is 5.36. The van der Waals surface area contributed by atoms with E-state index in [2.05, 4.69) is 5.32 Å². The summed E-state index contributed by atoms with van der Waals surface area (Å²) in [6, 6.07) is 7.84. The van der Waals surface area contributed by atoms with Crippen LogP contribution in [0.2, 0.25) is 0 Å². The van der Waals surface area contributed by atoms with Gasteiger partial charge in [-0.2, -0.15) is 0 Å². The highest BCUT2D eigenvalue weighted by molar-refractivity contribution is 5.75. The van der Waals surface area contributed by atoms with E-state index in [0.29, 0.717) is 13.0 Å². The number of amides is 1. The van der Waals surface area contributed by atoms with E-state index < -0.39 is 0 Å². The first kappa shape index (κ1) is 13.5. The number of rotatable bonds is 7. The van der Waals surface area contributed by atoms with E-state index in [1.807, 2.05) is 24.3 Å². The third-order valence-corrected chi connectivity index (χ3v) is 2.46. The van der Waals surface area contributed by atoms with Gasteiger partial charge >= 0.3 is 0 Å². The highest BCUT2D eigenvalue weighted by atomic mass is 16.5. The van der Waals surface area contributed by atoms with Gasteiger partial charge in [0, 0.05) is 13.0 Å². The minimum Gasteiger partial charge on any atom is -0.497 e. The van der Waals surface area contributed by atoms with Crippen LogP contribution < -0.4 is 10.1 Å². The molecule has 1 aromatic carbocycles. The molecule has 1 amide bonds. The molecule has 1 aromatic rings. The van der Waals surface area contributed by atoms with Gasteiger partial charge in [0.05, 0.1) is 13.7 Å². The second-order valence-corrected chi connectivity index (χ2v) is 3.78. The number of hydrogen-bond donors (Lipinski definition) is 2. The molecule has 0 saturated carbocycles. The van der Waals surface area contributed by atoms with E-state index in [4.69, 9.17) is 9.84 Å². The fourth-order valence-electron chi connectivity index (χ4n) is 1.53. The molecule has 0 unspecified atom stereocenters. The molecule has 0 atom stereocenters. The molecule has 0 fully saturated rings. The van der Waals surface area contributed by atoms with Crippen molar-refractivity contribution in [1.82, 2.24) is 5.32 Å². The molecule has 0 aliphatic heterocycles. The molecule has 4 heteroatoms. The summed E-state index contributed by atoms with van der Waals surface area (Å²) >= 11 is 0. The lowest BCUT2D eigenvalue weighted by Gasteiger charge is -2.04. The summed E-state index contributed by atoms with van der Waals surface area (Å²) < 4.78 is 5.07. The molecule has 0 aliphatic carbocycles. The second-order valence-electron chi connectivity index (χ2n) is 3.78. The molecule has 0 saturated heterocycles. The van der Waals surface area contributed by atoms with Gasteiger partial charge < -0.3 is 15.2 Å². The molecule has 17 heavy (non-hydrogen) atoms. The van der Waals surface area contributed by atoms with Crippen molar-refractivity contribution in [3.63, 3.8) is 0 Å². The second kappa shape index (κ2) is 7.68. The molecule has 4 nitrogen and oxygen atoms in total. The van der Waals surface area contributed by atoms with Crippen LogP contribution in [0, 0.1) is 0 Å². The SMILES string of the molecule is COc1ccc(CCCC(=O)NCCO)cc1. The van der Waals surface area contributed by atoms with E-state index >= 15 is 0 Å². The van der Waals surface area contributed by atoms with E-state index in [9.17, 15) is 4.79 Å². The maximum Gasteiger partial charge on any atom is 0.220 e. The number of aliphatic hydroxyl groups is 1. The van der Waals surface area contributed by atoms with Crippen LogP contribution in [0.15, 0.2) is 24.3 Å². The lowest BCUT2D eigenvalue weighted by Crippen LogP contribution is -2.26. The Hall–Kier alpha value is -1.55. The Bertz CT molecular complexity index is 335. The number of nitrogens with one attached hydrogen (secondary N) is 1. The molecule has 0 aromatic heterocycles. The molecule has 0 bridgehead atoms. The molecule has 0 heterocycles. The number of hydrogen-bond acceptors (Lipinski definition) is 3. The Morgan fingerprint density at radius 2 is 2.06 bits per heavy atom. The van der Waals surface area contributed by atoms with Crippen molar-refractivity contribution >= 4 is 5.91 Å². The third-order valence-electron chi connectivity index (χ3n) is 2.46. The zero-order chi connectivity index (χ0) is 12.5. The van der Waals surface area contributed by atoms with Crippen LogP contribution in [0.1, 0.15) is 18.4 Å². The largest absolute Gasteiger partial charge is 0.497 e. The summed E-state index contributed by atoms with van der Waals surface area (Å²) in [7, 11) is 1.64. The number of ether oxygens (including phenoxy) is 1. The zero-order valence-electron chi connectivity index (χ0n) is 10.1. The summed E-state index contributed by atoms with van der Waals surface area (Å²) in [5, 5.41) is 11.2. The Kier molecular flexibility index (Phi) is 6.10. The van der Waals surface area contributed by atoms with Crippen LogP contribution >= 0.6 is 0 Å². The van der Waals surface area contributed by atoms with Crippen LogP contribution in [-0.4, -0.2) is 31.3 Å². The average Bonchev–Trinajstić information content (AvgIpc) is 2.37. The maximum atomic E-state index is 11.3. The molecule has 0 radical (unpaired) electrons. The Balaban J connectivity index is 2.23. The maximum absolute atomic E-state index is 11.3. The van der Waals surface area contributed by atoms with Crippen molar-refractivity contribution in [3.05, 3.63) is 29.8 Å². The van der Waals surface area contributed by atoms with Crippen molar-refractivity contribution in [2.24, 2.45) is 0 Å². The van der Waals surface area contributed by atoms with Gasteiger partial charge in [-0.25, -0.2) is 0 Å². The summed E-state index contributed by atoms with van der Waals surface area (Å²) in [5.41, 5.74) is 1.20. The molecule has 2 N–H and O–H groups in total. The first-order valence-corrected chi connectivity index (χ1v) is 5.76. The molecule has 94 valence electrons. The van der Waals surface area contributed by atoms with E-state index in [1.54, 1.807) is 7.11 Å². The number of carbonyl (C=O) groups is 1. The number of benzene rings is 1. The fourth-order valence-corrected chi connectivity index (χ4v) is 1.53. The van der Waals surface area contributed by atoms with E-state index in [0.717, 1.165) is 18.6 Å². The quantitative estimate of drug-likeness (QED) is 0.747. The standard InChI is InChI=1S/C13H19NO3/c1-17-12-7-5-11(6-8-12)3-2-4-13(16)14-9-10-15/h5-8,15H,2-4,9-10H2,1H3,(H,14,16). The number of methoxy groups -OCH3 is 1. The first-order valence-electron chi connectivity index (χ1n) is 5.76. The van der Waals surface area contributed by atoms with Crippen LogP contribution in [0.5, 0.6) is 5.75 Å². The number of aliphatic hydroxyl groups excluding tert-OH is 1. The number of aryl methyl sites for hydroxylation is 1. The Labute approximate surface area is 102 Å². The van der Waals surface area contributed by atoms with Gasteiger partial charge in [0.2, 0.25) is 5.91 Å². The summed E-state index contributed by atoms with van der Waals surface area (Å²) in [4.78, 5) is 11.3. The van der Waals surface area contributed by atoms with Gasteiger partial charge in [0.25, 0.3) is 0 Å². The lowest BCUT2D eigenvalue weighted by atomic mass is 10.1. The normalized spacial score (nSPS) is 10.0. The van der Waals surface area contributed by atoms with E-state index in [-0.39, 0.29) is 12.5 Å². The fraction of sp³-hybridized carbons (Fsp3) is 0.462. The van der Waals surface area contributed by atoms with Gasteiger partial charge in [0.15, 0.2) is 0 Å². The van der Waals surface area contributed by atoms with Crippen molar-refractivity contribution in [2.45, 2.75) is 19.3 Å². The van der Waals surface area contributed by atoms with Crippen LogP contribution in [0.25, 0.3) is 0 Å². The Morgan fingerprint density at radius 3 is 2.65 bits per heavy atom. The Morgan fingerprint density at radius 1 is 1.35 bits per heavy atom. The van der Waals surface area contributed by atoms with Crippen LogP contribution in [-0.2, 0) is 11.2 Å². The molecule has 0 aliphatic rings. The topological polar surface area (TPSA) is 58.6 Å². The monoisotopic (exact) mass is 237 g/mol. The minimum atomic E-state index is -0.00970. The van der Waals surface area contributed by atoms with Crippen molar-refractivity contribution < 1.29 is 14.6 Å². The van der Waals surface area contributed by atoms with E-state index in [1.165, 1.54) is 5.56 Å². The van der Waals surface area contributed by atoms with Gasteiger partial charge in [-0.15, -0.1) is 0 Å². The lowest BCUT2D eigenvalue weighted by molar-refractivity contribution is -0.121. The van der Waals surface area contributed by atoms with Gasteiger partial charge in [-0.05, 0) is 30.5 Å². The van der Waals surface area contributed by atoms with Crippen LogP contribution in [0.4, 0.5) is 0 Å². The molecule has 1 rings (SSSR count). The predicted molar refractivity (Wildman–Crippen MR) is 66.0 cm³/mol. The van der Waals surface area contributed by atoms with Crippen LogP contribution in [0.3, 0.4) is 0 Å². The van der Waals surface area contributed by atoms with Crippen molar-refractivity contribution in [1.29, 1.82) is 0 Å². The first-order chi connectivity index (χ1) is 8.26. The zero-order valence-corrected chi connectivity index (χ0v) is 10.1. The average molecular weight is 237 g/mol. The molecule has 0 spiro atoms. The predicted octanol–water partition coefficient (Wildman–Crippen LogP) is 1.13. The van der Waals surface area contributed by atoms with Gasteiger partial charge in [-0.1, -0.05) is 12.1 Å². The highest BCUT2D eigenvalue weighted by Gasteiger charge is 2.00. The van der Waals surface area contributed by atoms with Gasteiger partial charge in [-0.3, -0.25) is 4.79 Å². The van der Waals surface area contributed by atoms with Crippen molar-refractivity contribution in [3.8, 4) is 5.75 Å². The van der Waals surface area contributed by atoms with Crippen molar-refractivity contribution in [2.75, 3.05) is 20.3 Å². The molecular formula is C13H19NO3. The summed E-state index contributed by atoms with van der Waals surface area (Å²) in [5.74, 6) is 0.835. The minimum absolute atomic E-state index is 0.00689. The summed E-state index contributed by atoms with van der Waals surface area (Å²) in [6.07, 6.45) is 2.17. The highest BCUT2D eigenvalue weighted by Crippen LogP contribution is 2.12.